The van der Waals surface area contributed by atoms with Gasteiger partial charge < -0.3 is 8.83 Å². The molecular formula is C45H27N3O2. The molecule has 50 heavy (non-hydrogen) atoms. The van der Waals surface area contributed by atoms with Crippen molar-refractivity contribution in [3.63, 3.8) is 0 Å². The van der Waals surface area contributed by atoms with Crippen LogP contribution in [0, 0.1) is 0 Å². The van der Waals surface area contributed by atoms with Gasteiger partial charge in [0.15, 0.2) is 5.82 Å². The number of aromatic nitrogens is 3. The molecule has 10 rings (SSSR count). The predicted molar refractivity (Wildman–Crippen MR) is 202 cm³/mol. The van der Waals surface area contributed by atoms with Gasteiger partial charge in [-0.3, -0.25) is 4.98 Å². The molecule has 5 heteroatoms. The van der Waals surface area contributed by atoms with Crippen LogP contribution >= 0.6 is 0 Å². The SMILES string of the molecule is c1ccc(-c2nc(-c3ccccc3-c3cccnc3)cc(-c3ccc(-c4cccc5c4oc4ccccc45)c4c3oc3ccccc34)n2)cc1. The third-order valence-corrected chi connectivity index (χ3v) is 9.43. The molecule has 0 unspecified atom stereocenters. The Morgan fingerprint density at radius 1 is 0.400 bits per heavy atom. The van der Waals surface area contributed by atoms with Crippen molar-refractivity contribution in [3.05, 3.63) is 164 Å². The second-order valence-corrected chi connectivity index (χ2v) is 12.4. The van der Waals surface area contributed by atoms with Crippen molar-refractivity contribution in [3.8, 4) is 56.2 Å². The smallest absolute Gasteiger partial charge is 0.160 e. The van der Waals surface area contributed by atoms with Gasteiger partial charge in [0.2, 0.25) is 0 Å². The lowest BCUT2D eigenvalue weighted by Crippen LogP contribution is -1.97. The minimum atomic E-state index is 0.638. The molecular weight excluding hydrogens is 615 g/mol. The second kappa shape index (κ2) is 11.4. The van der Waals surface area contributed by atoms with Crippen LogP contribution in [-0.4, -0.2) is 15.0 Å². The standard InChI is InChI=1S/C45H27N3O2/c1-2-12-28(13-3-1)45-47-38(31-16-5-4-15-30(31)29-14-11-25-46-27-29)26-39(48-45)36-24-23-33(42-37-18-7-9-22-41(37)50-44(36)42)35-20-10-19-34-32-17-6-8-21-40(32)49-43(34)35/h1-27H. The lowest BCUT2D eigenvalue weighted by Gasteiger charge is -2.13. The second-order valence-electron chi connectivity index (χ2n) is 12.4. The van der Waals surface area contributed by atoms with E-state index >= 15 is 0 Å². The van der Waals surface area contributed by atoms with Crippen LogP contribution in [0.3, 0.4) is 0 Å². The van der Waals surface area contributed by atoms with Crippen LogP contribution in [0.15, 0.2) is 173 Å². The van der Waals surface area contributed by atoms with Gasteiger partial charge in [-0.1, -0.05) is 121 Å². The minimum Gasteiger partial charge on any atom is -0.455 e. The third kappa shape index (κ3) is 4.52. The van der Waals surface area contributed by atoms with Crippen LogP contribution in [-0.2, 0) is 0 Å². The molecule has 0 N–H and O–H groups in total. The Bertz CT molecular complexity index is 2870. The molecule has 0 fully saturated rings. The van der Waals surface area contributed by atoms with Gasteiger partial charge >= 0.3 is 0 Å². The van der Waals surface area contributed by atoms with Crippen molar-refractivity contribution < 1.29 is 8.83 Å². The number of fused-ring (bicyclic) bond motifs is 6. The highest BCUT2D eigenvalue weighted by Gasteiger charge is 2.22. The summed E-state index contributed by atoms with van der Waals surface area (Å²) in [7, 11) is 0. The number of furan rings is 2. The highest BCUT2D eigenvalue weighted by atomic mass is 16.3. The van der Waals surface area contributed by atoms with E-state index in [1.54, 1.807) is 6.20 Å². The molecule has 0 bridgehead atoms. The zero-order valence-corrected chi connectivity index (χ0v) is 26.7. The van der Waals surface area contributed by atoms with E-state index in [1.165, 1.54) is 0 Å². The Morgan fingerprint density at radius 2 is 1.02 bits per heavy atom. The Balaban J connectivity index is 1.25. The molecule has 4 aromatic heterocycles. The van der Waals surface area contributed by atoms with E-state index < -0.39 is 0 Å². The van der Waals surface area contributed by atoms with Crippen LogP contribution in [0.1, 0.15) is 0 Å². The Kier molecular flexibility index (Phi) is 6.42. The average Bonchev–Trinajstić information content (AvgIpc) is 3.77. The summed E-state index contributed by atoms with van der Waals surface area (Å²) in [5.41, 5.74) is 11.8. The fourth-order valence-electron chi connectivity index (χ4n) is 7.13. The van der Waals surface area contributed by atoms with Crippen molar-refractivity contribution in [2.24, 2.45) is 0 Å². The first-order valence-corrected chi connectivity index (χ1v) is 16.6. The van der Waals surface area contributed by atoms with Gasteiger partial charge in [-0.05, 0) is 41.5 Å². The first kappa shape index (κ1) is 28.2. The van der Waals surface area contributed by atoms with Gasteiger partial charge in [0, 0.05) is 61.8 Å². The van der Waals surface area contributed by atoms with E-state index in [9.17, 15) is 0 Å². The van der Waals surface area contributed by atoms with E-state index in [0.29, 0.717) is 5.82 Å². The monoisotopic (exact) mass is 641 g/mol. The van der Waals surface area contributed by atoms with E-state index in [4.69, 9.17) is 18.8 Å². The summed E-state index contributed by atoms with van der Waals surface area (Å²) >= 11 is 0. The van der Waals surface area contributed by atoms with E-state index in [0.717, 1.165) is 94.2 Å². The van der Waals surface area contributed by atoms with E-state index in [1.807, 2.05) is 79.0 Å². The Hall–Kier alpha value is -6.85. The van der Waals surface area contributed by atoms with Gasteiger partial charge in [-0.2, -0.15) is 0 Å². The van der Waals surface area contributed by atoms with Crippen LogP contribution in [0.25, 0.3) is 100 Å². The quantitative estimate of drug-likeness (QED) is 0.187. The molecule has 6 aromatic carbocycles. The van der Waals surface area contributed by atoms with Crippen molar-refractivity contribution in [2.75, 3.05) is 0 Å². The number of benzene rings is 6. The number of rotatable bonds is 5. The molecule has 0 aliphatic heterocycles. The molecule has 0 atom stereocenters. The number of hydrogen-bond donors (Lipinski definition) is 0. The number of pyridine rings is 1. The molecule has 4 heterocycles. The topological polar surface area (TPSA) is 65.0 Å². The van der Waals surface area contributed by atoms with Crippen LogP contribution in [0.4, 0.5) is 0 Å². The van der Waals surface area contributed by atoms with Gasteiger partial charge in [-0.15, -0.1) is 0 Å². The molecule has 10 aromatic rings. The Labute approximate surface area is 287 Å². The van der Waals surface area contributed by atoms with Crippen molar-refractivity contribution in [1.29, 1.82) is 0 Å². The highest BCUT2D eigenvalue weighted by molar-refractivity contribution is 6.19. The summed E-state index contributed by atoms with van der Waals surface area (Å²) in [4.78, 5) is 14.7. The molecule has 0 spiro atoms. The molecule has 234 valence electrons. The third-order valence-electron chi connectivity index (χ3n) is 9.43. The van der Waals surface area contributed by atoms with Crippen LogP contribution < -0.4 is 0 Å². The fraction of sp³-hybridized carbons (Fsp3) is 0. The first-order chi connectivity index (χ1) is 24.8. The summed E-state index contributed by atoms with van der Waals surface area (Å²) in [6.45, 7) is 0. The lowest BCUT2D eigenvalue weighted by molar-refractivity contribution is 0.669. The van der Waals surface area contributed by atoms with Crippen LogP contribution in [0.2, 0.25) is 0 Å². The molecule has 0 aliphatic carbocycles. The summed E-state index contributed by atoms with van der Waals surface area (Å²) in [6.07, 6.45) is 3.68. The maximum atomic E-state index is 6.76. The van der Waals surface area contributed by atoms with Crippen molar-refractivity contribution in [2.45, 2.75) is 0 Å². The van der Waals surface area contributed by atoms with E-state index in [2.05, 4.69) is 83.8 Å². The van der Waals surface area contributed by atoms with Gasteiger partial charge in [0.1, 0.15) is 22.3 Å². The number of hydrogen-bond acceptors (Lipinski definition) is 5. The molecule has 0 aliphatic rings. The molecule has 0 saturated carbocycles. The Morgan fingerprint density at radius 3 is 1.84 bits per heavy atom. The summed E-state index contributed by atoms with van der Waals surface area (Å²) in [5, 5.41) is 4.24. The number of para-hydroxylation sites is 3. The normalized spacial score (nSPS) is 11.6. The summed E-state index contributed by atoms with van der Waals surface area (Å²) in [5.74, 6) is 0.638. The highest BCUT2D eigenvalue weighted by Crippen LogP contribution is 2.45. The zero-order chi connectivity index (χ0) is 33.0. The predicted octanol–water partition coefficient (Wildman–Crippen LogP) is 12.0. The first-order valence-electron chi connectivity index (χ1n) is 16.6. The van der Waals surface area contributed by atoms with Crippen molar-refractivity contribution in [1.82, 2.24) is 15.0 Å². The van der Waals surface area contributed by atoms with Gasteiger partial charge in [0.25, 0.3) is 0 Å². The summed E-state index contributed by atoms with van der Waals surface area (Å²) in [6, 6.07) is 51.6. The van der Waals surface area contributed by atoms with Crippen molar-refractivity contribution >= 4 is 43.9 Å². The molecule has 0 radical (unpaired) electrons. The maximum Gasteiger partial charge on any atom is 0.160 e. The molecule has 5 nitrogen and oxygen atoms in total. The van der Waals surface area contributed by atoms with Gasteiger partial charge in [-0.25, -0.2) is 9.97 Å². The fourth-order valence-corrected chi connectivity index (χ4v) is 7.13. The lowest BCUT2D eigenvalue weighted by atomic mass is 9.94. The zero-order valence-electron chi connectivity index (χ0n) is 26.7. The van der Waals surface area contributed by atoms with Gasteiger partial charge in [0.05, 0.1) is 11.4 Å². The largest absolute Gasteiger partial charge is 0.455 e. The molecule has 0 amide bonds. The minimum absolute atomic E-state index is 0.638. The van der Waals surface area contributed by atoms with E-state index in [-0.39, 0.29) is 0 Å². The van der Waals surface area contributed by atoms with Crippen LogP contribution in [0.5, 0.6) is 0 Å². The maximum absolute atomic E-state index is 6.76. The summed E-state index contributed by atoms with van der Waals surface area (Å²) < 4.78 is 13.3. The molecule has 0 saturated heterocycles. The number of nitrogens with zero attached hydrogens (tertiary/aromatic N) is 3. The average molecular weight is 642 g/mol.